The van der Waals surface area contributed by atoms with Gasteiger partial charge in [0.1, 0.15) is 17.5 Å². The highest BCUT2D eigenvalue weighted by Gasteiger charge is 2.16. The van der Waals surface area contributed by atoms with Crippen LogP contribution in [0, 0.1) is 6.92 Å². The van der Waals surface area contributed by atoms with Gasteiger partial charge in [0.25, 0.3) is 0 Å². The molecule has 0 aromatic carbocycles. The van der Waals surface area contributed by atoms with Gasteiger partial charge in [0.15, 0.2) is 0 Å². The van der Waals surface area contributed by atoms with E-state index in [2.05, 4.69) is 62.1 Å². The monoisotopic (exact) mass is 264 g/mol. The smallest absolute Gasteiger partial charge is 0.135 e. The van der Waals surface area contributed by atoms with E-state index in [0.717, 1.165) is 48.8 Å². The van der Waals surface area contributed by atoms with Gasteiger partial charge in [0.2, 0.25) is 0 Å². The summed E-state index contributed by atoms with van der Waals surface area (Å²) in [5.41, 5.74) is 1.10. The maximum atomic E-state index is 4.65. The lowest BCUT2D eigenvalue weighted by molar-refractivity contribution is 0.627. The molecular formula is C15H28N4. The molecular weight excluding hydrogens is 236 g/mol. The number of hydrogen-bond donors (Lipinski definition) is 2. The minimum atomic E-state index is 0.00459. The number of nitrogens with one attached hydrogen (secondary N) is 2. The van der Waals surface area contributed by atoms with Gasteiger partial charge in [0, 0.05) is 24.1 Å². The predicted octanol–water partition coefficient (Wildman–Crippen LogP) is 3.77. The van der Waals surface area contributed by atoms with E-state index in [4.69, 9.17) is 0 Å². The van der Waals surface area contributed by atoms with Gasteiger partial charge in [0.05, 0.1) is 0 Å². The molecule has 0 amide bonds. The molecule has 0 aliphatic rings. The molecule has 0 unspecified atom stereocenters. The first-order valence-electron chi connectivity index (χ1n) is 7.27. The van der Waals surface area contributed by atoms with Gasteiger partial charge in [-0.25, -0.2) is 9.97 Å². The van der Waals surface area contributed by atoms with E-state index in [9.17, 15) is 0 Å². The largest absolute Gasteiger partial charge is 0.370 e. The number of hydrogen-bond acceptors (Lipinski definition) is 4. The van der Waals surface area contributed by atoms with Crippen LogP contribution in [0.3, 0.4) is 0 Å². The predicted molar refractivity (Wildman–Crippen MR) is 82.9 cm³/mol. The van der Waals surface area contributed by atoms with E-state index in [0.29, 0.717) is 0 Å². The third kappa shape index (κ3) is 5.05. The first-order valence-corrected chi connectivity index (χ1v) is 7.27. The van der Waals surface area contributed by atoms with E-state index in [1.807, 2.05) is 0 Å². The zero-order valence-electron chi connectivity index (χ0n) is 13.2. The highest BCUT2D eigenvalue weighted by Crippen LogP contribution is 2.23. The van der Waals surface area contributed by atoms with Gasteiger partial charge in [-0.05, 0) is 40.5 Å². The lowest BCUT2D eigenvalue weighted by Gasteiger charge is -2.24. The van der Waals surface area contributed by atoms with Crippen LogP contribution in [0.2, 0.25) is 0 Å². The molecule has 108 valence electrons. The van der Waals surface area contributed by atoms with Crippen LogP contribution in [-0.2, 0) is 6.42 Å². The molecule has 4 heteroatoms. The SMILES string of the molecule is CCCNc1nc(CCC)nc(NC(C)(C)C)c1C. The minimum Gasteiger partial charge on any atom is -0.370 e. The van der Waals surface area contributed by atoms with Crippen LogP contribution in [0.4, 0.5) is 11.6 Å². The molecule has 0 radical (unpaired) electrons. The number of rotatable bonds is 6. The number of anilines is 2. The third-order valence-corrected chi connectivity index (χ3v) is 2.70. The molecule has 0 aliphatic carbocycles. The molecule has 2 N–H and O–H groups in total. The third-order valence-electron chi connectivity index (χ3n) is 2.70. The average molecular weight is 264 g/mol. The van der Waals surface area contributed by atoms with Gasteiger partial charge in [-0.15, -0.1) is 0 Å². The summed E-state index contributed by atoms with van der Waals surface area (Å²) < 4.78 is 0. The van der Waals surface area contributed by atoms with E-state index in [1.165, 1.54) is 0 Å². The van der Waals surface area contributed by atoms with Crippen molar-refractivity contribution in [3.05, 3.63) is 11.4 Å². The quantitative estimate of drug-likeness (QED) is 0.821. The molecule has 1 rings (SSSR count). The Morgan fingerprint density at radius 3 is 2.16 bits per heavy atom. The lowest BCUT2D eigenvalue weighted by atomic mass is 10.1. The van der Waals surface area contributed by atoms with Crippen molar-refractivity contribution in [2.24, 2.45) is 0 Å². The molecule has 19 heavy (non-hydrogen) atoms. The van der Waals surface area contributed by atoms with Crippen molar-refractivity contribution in [2.45, 2.75) is 66.3 Å². The second-order valence-electron chi connectivity index (χ2n) is 6.01. The Balaban J connectivity index is 3.09. The molecule has 0 saturated carbocycles. The Bertz CT molecular complexity index is 407. The standard InChI is InChI=1S/C15H28N4/c1-7-9-12-17-13(16-10-8-2)11(3)14(18-12)19-15(4,5)6/h7-10H2,1-6H3,(H2,16,17,18,19). The molecule has 0 saturated heterocycles. The van der Waals surface area contributed by atoms with Crippen LogP contribution < -0.4 is 10.6 Å². The second-order valence-corrected chi connectivity index (χ2v) is 6.01. The zero-order valence-corrected chi connectivity index (χ0v) is 13.2. The Kier molecular flexibility index (Phi) is 5.58. The van der Waals surface area contributed by atoms with E-state index >= 15 is 0 Å². The highest BCUT2D eigenvalue weighted by atomic mass is 15.1. The molecule has 1 heterocycles. The average Bonchev–Trinajstić information content (AvgIpc) is 2.30. The van der Waals surface area contributed by atoms with Gasteiger partial charge >= 0.3 is 0 Å². The van der Waals surface area contributed by atoms with Crippen LogP contribution in [0.25, 0.3) is 0 Å². The van der Waals surface area contributed by atoms with Crippen LogP contribution in [-0.4, -0.2) is 22.1 Å². The Hall–Kier alpha value is -1.32. The van der Waals surface area contributed by atoms with Gasteiger partial charge in [-0.3, -0.25) is 0 Å². The van der Waals surface area contributed by atoms with E-state index in [-0.39, 0.29) is 5.54 Å². The molecule has 0 bridgehead atoms. The van der Waals surface area contributed by atoms with Crippen molar-refractivity contribution in [1.29, 1.82) is 0 Å². The number of nitrogens with zero attached hydrogens (tertiary/aromatic N) is 2. The summed E-state index contributed by atoms with van der Waals surface area (Å²) >= 11 is 0. The number of aromatic nitrogens is 2. The minimum absolute atomic E-state index is 0.00459. The molecule has 0 spiro atoms. The second kappa shape index (κ2) is 6.73. The van der Waals surface area contributed by atoms with Crippen molar-refractivity contribution in [2.75, 3.05) is 17.2 Å². The van der Waals surface area contributed by atoms with Crippen LogP contribution in [0.15, 0.2) is 0 Å². The lowest BCUT2D eigenvalue weighted by Crippen LogP contribution is -2.28. The van der Waals surface area contributed by atoms with Crippen molar-refractivity contribution < 1.29 is 0 Å². The summed E-state index contributed by atoms with van der Waals surface area (Å²) in [5.74, 6) is 2.83. The maximum absolute atomic E-state index is 4.65. The Labute approximate surface area is 117 Å². The summed E-state index contributed by atoms with van der Waals surface area (Å²) in [6, 6.07) is 0. The molecule has 1 aromatic heterocycles. The molecule has 0 atom stereocenters. The van der Waals surface area contributed by atoms with Gasteiger partial charge in [-0.2, -0.15) is 0 Å². The van der Waals surface area contributed by atoms with Crippen molar-refractivity contribution in [1.82, 2.24) is 9.97 Å². The first kappa shape index (κ1) is 15.7. The summed E-state index contributed by atoms with van der Waals surface area (Å²) in [5, 5.41) is 6.87. The van der Waals surface area contributed by atoms with E-state index < -0.39 is 0 Å². The normalized spacial score (nSPS) is 11.5. The fourth-order valence-corrected chi connectivity index (χ4v) is 1.79. The zero-order chi connectivity index (χ0) is 14.5. The first-order chi connectivity index (χ1) is 8.87. The number of aryl methyl sites for hydroxylation is 1. The summed E-state index contributed by atoms with van der Waals surface area (Å²) in [4.78, 5) is 9.28. The van der Waals surface area contributed by atoms with E-state index in [1.54, 1.807) is 0 Å². The fraction of sp³-hybridized carbons (Fsp3) is 0.733. The van der Waals surface area contributed by atoms with Gasteiger partial charge in [-0.1, -0.05) is 13.8 Å². The maximum Gasteiger partial charge on any atom is 0.135 e. The molecule has 0 aliphatic heterocycles. The Morgan fingerprint density at radius 1 is 1.00 bits per heavy atom. The highest BCUT2D eigenvalue weighted by molar-refractivity contribution is 5.58. The topological polar surface area (TPSA) is 49.8 Å². The van der Waals surface area contributed by atoms with Crippen molar-refractivity contribution in [3.63, 3.8) is 0 Å². The Morgan fingerprint density at radius 2 is 1.63 bits per heavy atom. The van der Waals surface area contributed by atoms with Crippen LogP contribution in [0.1, 0.15) is 58.8 Å². The van der Waals surface area contributed by atoms with Gasteiger partial charge < -0.3 is 10.6 Å². The summed E-state index contributed by atoms with van der Waals surface area (Å²) in [6.07, 6.45) is 3.07. The fourth-order valence-electron chi connectivity index (χ4n) is 1.79. The van der Waals surface area contributed by atoms with Crippen molar-refractivity contribution in [3.8, 4) is 0 Å². The molecule has 4 nitrogen and oxygen atoms in total. The summed E-state index contributed by atoms with van der Waals surface area (Å²) in [7, 11) is 0. The summed E-state index contributed by atoms with van der Waals surface area (Å²) in [6.45, 7) is 13.8. The van der Waals surface area contributed by atoms with Crippen LogP contribution >= 0.6 is 0 Å². The molecule has 1 aromatic rings. The van der Waals surface area contributed by atoms with Crippen LogP contribution in [0.5, 0.6) is 0 Å². The van der Waals surface area contributed by atoms with Crippen molar-refractivity contribution >= 4 is 11.6 Å². The molecule has 0 fully saturated rings.